The number of rotatable bonds is 2. The van der Waals surface area contributed by atoms with Gasteiger partial charge in [-0.05, 0) is 12.1 Å². The van der Waals surface area contributed by atoms with Gasteiger partial charge in [0.05, 0.1) is 5.56 Å². The summed E-state index contributed by atoms with van der Waals surface area (Å²) < 4.78 is 205. The van der Waals surface area contributed by atoms with Gasteiger partial charge in [-0.2, -0.15) is 0 Å². The van der Waals surface area contributed by atoms with Crippen molar-refractivity contribution in [2.24, 2.45) is 0 Å². The van der Waals surface area contributed by atoms with Crippen LogP contribution in [0.3, 0.4) is 0 Å². The molecular formula is C26H4F14. The van der Waals surface area contributed by atoms with E-state index in [0.29, 0.717) is 12.1 Å². The minimum Gasteiger partial charge on any atom is -0.207 e. The maximum atomic E-state index is 15.3. The first-order valence-electron chi connectivity index (χ1n) is 10.5. The maximum absolute atomic E-state index is 15.3. The maximum Gasteiger partial charge on any atom is 0.198 e. The van der Waals surface area contributed by atoms with Gasteiger partial charge >= 0.3 is 0 Å². The summed E-state index contributed by atoms with van der Waals surface area (Å²) in [6.45, 7) is 0. The number of hydrogen-bond acceptors (Lipinski definition) is 0. The summed E-state index contributed by atoms with van der Waals surface area (Å²) in [7, 11) is 0. The standard InChI is InChI=1S/C26H4F14/c27-5-1-2-6(7(28)3-5)10-12-14(21(35)25(39)23(37)19(12)33)11(16-17(31)8(29)4-9(30)18(16)32)15-13(10)20(34)24(38)26(40)22(15)36/h1-4H. The van der Waals surface area contributed by atoms with Crippen LogP contribution in [0.25, 0.3) is 43.8 Å². The molecule has 0 aromatic heterocycles. The Hall–Kier alpha value is -4.36. The van der Waals surface area contributed by atoms with Crippen LogP contribution in [0.5, 0.6) is 0 Å². The normalized spacial score (nSPS) is 11.8. The second kappa shape index (κ2) is 9.10. The molecule has 0 aliphatic carbocycles. The van der Waals surface area contributed by atoms with Gasteiger partial charge in [-0.15, -0.1) is 0 Å². The SMILES string of the molecule is Fc1ccc(-c2c3c(F)c(F)c(F)c(F)c3c(-c3c(F)c(F)cc(F)c3F)c3c(F)c(F)c(F)c(F)c23)c(F)c1. The van der Waals surface area contributed by atoms with Gasteiger partial charge in [0.15, 0.2) is 69.8 Å². The number of benzene rings is 5. The van der Waals surface area contributed by atoms with Crippen molar-refractivity contribution < 1.29 is 61.5 Å². The molecule has 0 fully saturated rings. The molecule has 40 heavy (non-hydrogen) atoms. The van der Waals surface area contributed by atoms with Gasteiger partial charge < -0.3 is 0 Å². The second-order valence-corrected chi connectivity index (χ2v) is 8.23. The largest absolute Gasteiger partial charge is 0.207 e. The van der Waals surface area contributed by atoms with E-state index in [1.165, 1.54) is 0 Å². The molecule has 0 nitrogen and oxygen atoms in total. The fraction of sp³-hybridized carbons (Fsp3) is 0. The van der Waals surface area contributed by atoms with E-state index in [0.717, 1.165) is 0 Å². The highest BCUT2D eigenvalue weighted by Gasteiger charge is 2.36. The smallest absolute Gasteiger partial charge is 0.198 e. The van der Waals surface area contributed by atoms with E-state index in [2.05, 4.69) is 0 Å². The Morgan fingerprint density at radius 3 is 1.05 bits per heavy atom. The van der Waals surface area contributed by atoms with Crippen molar-refractivity contribution in [3.05, 3.63) is 106 Å². The molecular weight excluding hydrogens is 578 g/mol. The summed E-state index contributed by atoms with van der Waals surface area (Å²) in [5.41, 5.74) is -7.11. The molecule has 0 aliphatic rings. The van der Waals surface area contributed by atoms with Crippen molar-refractivity contribution in [2.75, 3.05) is 0 Å². The summed E-state index contributed by atoms with van der Waals surface area (Å²) in [4.78, 5) is 0. The first-order chi connectivity index (χ1) is 18.7. The van der Waals surface area contributed by atoms with Crippen LogP contribution in [0, 0.1) is 81.4 Å². The Balaban J connectivity index is 2.31. The van der Waals surface area contributed by atoms with E-state index in [9.17, 15) is 43.9 Å². The molecule has 5 aromatic carbocycles. The highest BCUT2D eigenvalue weighted by molar-refractivity contribution is 6.22. The third-order valence-corrected chi connectivity index (χ3v) is 6.10. The van der Waals surface area contributed by atoms with E-state index in [1.54, 1.807) is 0 Å². The predicted molar refractivity (Wildman–Crippen MR) is 112 cm³/mol. The molecule has 0 spiro atoms. The number of halogens is 14. The van der Waals surface area contributed by atoms with E-state index in [1.807, 2.05) is 0 Å². The van der Waals surface area contributed by atoms with E-state index in [4.69, 9.17) is 0 Å². The zero-order valence-corrected chi connectivity index (χ0v) is 18.6. The lowest BCUT2D eigenvalue weighted by Gasteiger charge is -2.21. The van der Waals surface area contributed by atoms with Crippen molar-refractivity contribution in [1.29, 1.82) is 0 Å². The highest BCUT2D eigenvalue weighted by atomic mass is 19.2. The van der Waals surface area contributed by atoms with Crippen LogP contribution in [0.15, 0.2) is 24.3 Å². The summed E-state index contributed by atoms with van der Waals surface area (Å²) in [6.07, 6.45) is 0. The van der Waals surface area contributed by atoms with Gasteiger partial charge in [0.1, 0.15) is 11.6 Å². The van der Waals surface area contributed by atoms with Crippen LogP contribution >= 0.6 is 0 Å². The third-order valence-electron chi connectivity index (χ3n) is 6.10. The molecule has 0 saturated carbocycles. The second-order valence-electron chi connectivity index (χ2n) is 8.23. The van der Waals surface area contributed by atoms with Crippen LogP contribution in [-0.2, 0) is 0 Å². The molecule has 0 heterocycles. The van der Waals surface area contributed by atoms with Crippen molar-refractivity contribution in [3.63, 3.8) is 0 Å². The van der Waals surface area contributed by atoms with Gasteiger partial charge in [0.25, 0.3) is 0 Å². The van der Waals surface area contributed by atoms with Crippen LogP contribution < -0.4 is 0 Å². The molecule has 0 amide bonds. The number of fused-ring (bicyclic) bond motifs is 2. The lowest BCUT2D eigenvalue weighted by Crippen LogP contribution is -2.09. The zero-order chi connectivity index (χ0) is 29.5. The van der Waals surface area contributed by atoms with Gasteiger partial charge in [0.2, 0.25) is 0 Å². The molecule has 0 saturated heterocycles. The lowest BCUT2D eigenvalue weighted by molar-refractivity contribution is 0.416. The average Bonchev–Trinajstić information content (AvgIpc) is 2.91. The summed E-state index contributed by atoms with van der Waals surface area (Å²) in [5.74, 6) is -34.2. The van der Waals surface area contributed by atoms with Gasteiger partial charge in [0, 0.05) is 50.4 Å². The Labute approximate surface area is 211 Å². The summed E-state index contributed by atoms with van der Waals surface area (Å²) in [6, 6.07) is 0.367. The number of hydrogen-bond donors (Lipinski definition) is 0. The molecule has 5 aromatic rings. The average molecular weight is 582 g/mol. The van der Waals surface area contributed by atoms with Crippen molar-refractivity contribution >= 4 is 21.5 Å². The summed E-state index contributed by atoms with van der Waals surface area (Å²) >= 11 is 0. The van der Waals surface area contributed by atoms with Crippen molar-refractivity contribution in [2.45, 2.75) is 0 Å². The molecule has 14 heteroatoms. The predicted octanol–water partition coefficient (Wildman–Crippen LogP) is 9.27. The molecule has 0 unspecified atom stereocenters. The van der Waals surface area contributed by atoms with Crippen LogP contribution in [-0.4, -0.2) is 0 Å². The summed E-state index contributed by atoms with van der Waals surface area (Å²) in [5, 5.41) is -7.71. The Morgan fingerprint density at radius 1 is 0.300 bits per heavy atom. The lowest BCUT2D eigenvalue weighted by atomic mass is 9.84. The third kappa shape index (κ3) is 3.54. The van der Waals surface area contributed by atoms with Crippen LogP contribution in [0.1, 0.15) is 0 Å². The first kappa shape index (κ1) is 27.2. The fourth-order valence-corrected chi connectivity index (χ4v) is 4.46. The molecule has 0 aliphatic heterocycles. The molecule has 5 rings (SSSR count). The highest BCUT2D eigenvalue weighted by Crippen LogP contribution is 2.50. The quantitative estimate of drug-likeness (QED) is 0.0843. The zero-order valence-electron chi connectivity index (χ0n) is 18.6. The molecule has 0 radical (unpaired) electrons. The molecule has 0 atom stereocenters. The van der Waals surface area contributed by atoms with Crippen LogP contribution in [0.2, 0.25) is 0 Å². The first-order valence-corrected chi connectivity index (χ1v) is 10.5. The van der Waals surface area contributed by atoms with Crippen molar-refractivity contribution in [3.8, 4) is 22.3 Å². The minimum absolute atomic E-state index is 0.0322. The molecule has 206 valence electrons. The van der Waals surface area contributed by atoms with Crippen LogP contribution in [0.4, 0.5) is 61.5 Å². The van der Waals surface area contributed by atoms with Gasteiger partial charge in [-0.3, -0.25) is 0 Å². The molecule has 0 bridgehead atoms. The Morgan fingerprint density at radius 2 is 0.675 bits per heavy atom. The monoisotopic (exact) mass is 582 g/mol. The Kier molecular flexibility index (Phi) is 6.19. The van der Waals surface area contributed by atoms with Gasteiger partial charge in [-0.25, -0.2) is 61.5 Å². The Bertz CT molecular complexity index is 1840. The van der Waals surface area contributed by atoms with E-state index < -0.39 is 131 Å². The molecule has 0 N–H and O–H groups in total. The van der Waals surface area contributed by atoms with E-state index in [-0.39, 0.29) is 6.07 Å². The fourth-order valence-electron chi connectivity index (χ4n) is 4.46. The topological polar surface area (TPSA) is 0 Å². The van der Waals surface area contributed by atoms with Crippen molar-refractivity contribution in [1.82, 2.24) is 0 Å². The van der Waals surface area contributed by atoms with Gasteiger partial charge in [-0.1, -0.05) is 0 Å². The minimum atomic E-state index is -2.77. The van der Waals surface area contributed by atoms with E-state index >= 15 is 17.6 Å².